The number of likely N-dealkylation sites (tertiary alicyclic amines) is 1. The topological polar surface area (TPSA) is 55.8 Å². The smallest absolute Gasteiger partial charge is 0.236 e. The highest BCUT2D eigenvalue weighted by Gasteiger charge is 2.25. The van der Waals surface area contributed by atoms with Crippen molar-refractivity contribution in [2.24, 2.45) is 5.92 Å². The van der Waals surface area contributed by atoms with Crippen LogP contribution in [0.1, 0.15) is 26.2 Å². The summed E-state index contributed by atoms with van der Waals surface area (Å²) in [7, 11) is 0. The molecule has 5 heteroatoms. The van der Waals surface area contributed by atoms with E-state index < -0.39 is 0 Å². The Bertz CT molecular complexity index is 280. The molecule has 0 aromatic carbocycles. The minimum Gasteiger partial charge on any atom is -0.393 e. The molecule has 0 aromatic rings. The maximum Gasteiger partial charge on any atom is 0.236 e. The van der Waals surface area contributed by atoms with Crippen LogP contribution in [-0.4, -0.2) is 72.7 Å². The monoisotopic (exact) mass is 269 g/mol. The molecule has 2 heterocycles. The van der Waals surface area contributed by atoms with Gasteiger partial charge in [-0.25, -0.2) is 0 Å². The zero-order chi connectivity index (χ0) is 13.7. The van der Waals surface area contributed by atoms with Crippen LogP contribution < -0.4 is 5.32 Å². The van der Waals surface area contributed by atoms with Gasteiger partial charge in [0.25, 0.3) is 0 Å². The molecule has 2 N–H and O–H groups in total. The number of amides is 1. The lowest BCUT2D eigenvalue weighted by atomic mass is 9.92. The third-order valence-electron chi connectivity index (χ3n) is 4.37. The predicted octanol–water partition coefficient (Wildman–Crippen LogP) is -0.0989. The number of nitrogens with zero attached hydrogens (tertiary/aromatic N) is 2. The third kappa shape index (κ3) is 4.44. The van der Waals surface area contributed by atoms with Crippen molar-refractivity contribution in [3.63, 3.8) is 0 Å². The van der Waals surface area contributed by atoms with Crippen LogP contribution in [0, 0.1) is 5.92 Å². The Morgan fingerprint density at radius 2 is 2.00 bits per heavy atom. The number of rotatable bonds is 3. The Morgan fingerprint density at radius 1 is 1.26 bits per heavy atom. The highest BCUT2D eigenvalue weighted by molar-refractivity contribution is 5.78. The first kappa shape index (κ1) is 14.8. The van der Waals surface area contributed by atoms with Crippen LogP contribution in [0.15, 0.2) is 0 Å². The van der Waals surface area contributed by atoms with Crippen molar-refractivity contribution >= 4 is 5.91 Å². The van der Waals surface area contributed by atoms with Gasteiger partial charge in [-0.05, 0) is 51.7 Å². The summed E-state index contributed by atoms with van der Waals surface area (Å²) in [5.41, 5.74) is 0. The molecule has 0 saturated carbocycles. The molecule has 0 spiro atoms. The maximum absolute atomic E-state index is 12.2. The number of carbonyl (C=O) groups excluding carboxylic acids is 1. The fraction of sp³-hybridized carbons (Fsp3) is 0.929. The first-order valence-electron chi connectivity index (χ1n) is 7.55. The van der Waals surface area contributed by atoms with E-state index in [1.54, 1.807) is 0 Å². The van der Waals surface area contributed by atoms with Gasteiger partial charge in [0.1, 0.15) is 0 Å². The summed E-state index contributed by atoms with van der Waals surface area (Å²) in [5.74, 6) is 0.674. The number of piperidine rings is 1. The largest absolute Gasteiger partial charge is 0.393 e. The van der Waals surface area contributed by atoms with E-state index in [2.05, 4.69) is 10.2 Å². The number of hydrogen-bond donors (Lipinski definition) is 2. The minimum absolute atomic E-state index is 0.213. The lowest BCUT2D eigenvalue weighted by Gasteiger charge is -2.34. The molecule has 2 aliphatic heterocycles. The van der Waals surface area contributed by atoms with Crippen LogP contribution in [0.25, 0.3) is 0 Å². The summed E-state index contributed by atoms with van der Waals surface area (Å²) in [6.45, 7) is 7.95. The molecule has 2 aliphatic rings. The van der Waals surface area contributed by atoms with Crippen molar-refractivity contribution in [2.45, 2.75) is 32.3 Å². The number of hydrogen-bond acceptors (Lipinski definition) is 4. The van der Waals surface area contributed by atoms with E-state index in [4.69, 9.17) is 0 Å². The second-order valence-electron chi connectivity index (χ2n) is 5.84. The fourth-order valence-corrected chi connectivity index (χ4v) is 2.98. The molecule has 2 rings (SSSR count). The first-order chi connectivity index (χ1) is 9.16. The molecule has 0 aliphatic carbocycles. The molecule has 110 valence electrons. The zero-order valence-corrected chi connectivity index (χ0v) is 12.0. The second kappa shape index (κ2) is 7.22. The zero-order valence-electron chi connectivity index (χ0n) is 12.0. The highest BCUT2D eigenvalue weighted by atomic mass is 16.3. The van der Waals surface area contributed by atoms with Gasteiger partial charge < -0.3 is 15.3 Å². The van der Waals surface area contributed by atoms with Gasteiger partial charge in [-0.1, -0.05) is 0 Å². The van der Waals surface area contributed by atoms with E-state index in [-0.39, 0.29) is 12.0 Å². The average molecular weight is 269 g/mol. The van der Waals surface area contributed by atoms with Crippen LogP contribution in [0.4, 0.5) is 0 Å². The molecular formula is C14H27N3O2. The maximum atomic E-state index is 12.2. The molecule has 2 fully saturated rings. The Labute approximate surface area is 115 Å². The van der Waals surface area contributed by atoms with Crippen molar-refractivity contribution < 1.29 is 9.90 Å². The van der Waals surface area contributed by atoms with Crippen molar-refractivity contribution in [2.75, 3.05) is 45.8 Å². The summed E-state index contributed by atoms with van der Waals surface area (Å²) in [6.07, 6.45) is 2.85. The Morgan fingerprint density at radius 3 is 2.68 bits per heavy atom. The summed E-state index contributed by atoms with van der Waals surface area (Å²) in [5, 5.41) is 12.9. The highest BCUT2D eigenvalue weighted by Crippen LogP contribution is 2.20. The van der Waals surface area contributed by atoms with Crippen molar-refractivity contribution in [3.8, 4) is 0 Å². The standard InChI is InChI=1S/C14H27N3O2/c1-12(18)13-3-8-16(9-4-13)11-14(19)17-7-2-5-15-6-10-17/h12-13,15,18H,2-11H2,1H3. The number of nitrogens with one attached hydrogen (secondary N) is 1. The number of carbonyl (C=O) groups is 1. The molecule has 1 atom stereocenters. The third-order valence-corrected chi connectivity index (χ3v) is 4.37. The summed E-state index contributed by atoms with van der Waals surface area (Å²) >= 11 is 0. The molecule has 19 heavy (non-hydrogen) atoms. The molecule has 0 aromatic heterocycles. The fourth-order valence-electron chi connectivity index (χ4n) is 2.98. The van der Waals surface area contributed by atoms with E-state index in [1.807, 2.05) is 11.8 Å². The van der Waals surface area contributed by atoms with Gasteiger partial charge in [-0.15, -0.1) is 0 Å². The van der Waals surface area contributed by atoms with E-state index in [0.29, 0.717) is 12.5 Å². The van der Waals surface area contributed by atoms with Gasteiger partial charge in [0, 0.05) is 19.6 Å². The lowest BCUT2D eigenvalue weighted by molar-refractivity contribution is -0.132. The Kier molecular flexibility index (Phi) is 5.60. The van der Waals surface area contributed by atoms with Crippen molar-refractivity contribution in [3.05, 3.63) is 0 Å². The second-order valence-corrected chi connectivity index (χ2v) is 5.84. The first-order valence-corrected chi connectivity index (χ1v) is 7.55. The summed E-state index contributed by atoms with van der Waals surface area (Å²) < 4.78 is 0. The number of aliphatic hydroxyl groups is 1. The van der Waals surface area contributed by atoms with Crippen molar-refractivity contribution in [1.29, 1.82) is 0 Å². The van der Waals surface area contributed by atoms with Crippen LogP contribution in [0.3, 0.4) is 0 Å². The van der Waals surface area contributed by atoms with E-state index in [0.717, 1.165) is 58.5 Å². The average Bonchev–Trinajstić information content (AvgIpc) is 2.68. The van der Waals surface area contributed by atoms with Crippen LogP contribution in [0.2, 0.25) is 0 Å². The summed E-state index contributed by atoms with van der Waals surface area (Å²) in [6, 6.07) is 0. The predicted molar refractivity (Wildman–Crippen MR) is 74.9 cm³/mol. The van der Waals surface area contributed by atoms with Gasteiger partial charge in [0.05, 0.1) is 12.6 Å². The number of aliphatic hydroxyl groups excluding tert-OH is 1. The van der Waals surface area contributed by atoms with Gasteiger partial charge >= 0.3 is 0 Å². The van der Waals surface area contributed by atoms with Gasteiger partial charge in [-0.2, -0.15) is 0 Å². The van der Waals surface area contributed by atoms with Crippen LogP contribution in [-0.2, 0) is 4.79 Å². The van der Waals surface area contributed by atoms with E-state index in [1.165, 1.54) is 0 Å². The molecule has 2 saturated heterocycles. The van der Waals surface area contributed by atoms with Crippen LogP contribution in [0.5, 0.6) is 0 Å². The molecule has 1 unspecified atom stereocenters. The van der Waals surface area contributed by atoms with Gasteiger partial charge in [0.2, 0.25) is 5.91 Å². The molecule has 5 nitrogen and oxygen atoms in total. The SMILES string of the molecule is CC(O)C1CCN(CC(=O)N2CCCNCC2)CC1. The molecule has 1 amide bonds. The van der Waals surface area contributed by atoms with Crippen molar-refractivity contribution in [1.82, 2.24) is 15.1 Å². The van der Waals surface area contributed by atoms with E-state index >= 15 is 0 Å². The Hall–Kier alpha value is -0.650. The van der Waals surface area contributed by atoms with E-state index in [9.17, 15) is 9.90 Å². The minimum atomic E-state index is -0.213. The van der Waals surface area contributed by atoms with Crippen LogP contribution >= 0.6 is 0 Å². The Balaban J connectivity index is 1.73. The summed E-state index contributed by atoms with van der Waals surface area (Å²) in [4.78, 5) is 16.5. The molecular weight excluding hydrogens is 242 g/mol. The lowest BCUT2D eigenvalue weighted by Crippen LogP contribution is -2.45. The van der Waals surface area contributed by atoms with Gasteiger partial charge in [-0.3, -0.25) is 9.69 Å². The normalized spacial score (nSPS) is 25.1. The quantitative estimate of drug-likeness (QED) is 0.751. The molecule has 0 radical (unpaired) electrons. The molecule has 0 bridgehead atoms. The van der Waals surface area contributed by atoms with Gasteiger partial charge in [0.15, 0.2) is 0 Å².